The number of nitrogens with zero attached hydrogens (tertiary/aromatic N) is 3. The third kappa shape index (κ3) is 4.69. The summed E-state index contributed by atoms with van der Waals surface area (Å²) in [6.45, 7) is 1.88. The van der Waals surface area contributed by atoms with E-state index in [0.717, 1.165) is 39.0 Å². The Labute approximate surface area is 232 Å². The minimum Gasteiger partial charge on any atom is -0.494 e. The summed E-state index contributed by atoms with van der Waals surface area (Å²) in [5, 5.41) is 0.935. The summed E-state index contributed by atoms with van der Waals surface area (Å²) in [5.41, 5.74) is 6.22. The van der Waals surface area contributed by atoms with Crippen molar-refractivity contribution in [2.75, 3.05) is 7.11 Å². The number of aromatic nitrogens is 3. The third-order valence-corrected chi connectivity index (χ3v) is 6.91. The second-order valence-electron chi connectivity index (χ2n) is 9.43. The number of hydrogen-bond donors (Lipinski definition) is 0. The summed E-state index contributed by atoms with van der Waals surface area (Å²) in [6.07, 6.45) is 3.83. The highest BCUT2D eigenvalue weighted by atomic mass is 16.5. The Morgan fingerprint density at radius 3 is 2.05 bits per heavy atom. The number of benzene rings is 4. The normalized spacial score (nSPS) is 11.2. The molecular formula is C35H27N3O2. The van der Waals surface area contributed by atoms with Gasteiger partial charge >= 0.3 is 0 Å². The van der Waals surface area contributed by atoms with E-state index in [9.17, 15) is 4.79 Å². The summed E-state index contributed by atoms with van der Waals surface area (Å²) >= 11 is 0. The van der Waals surface area contributed by atoms with E-state index >= 15 is 0 Å². The van der Waals surface area contributed by atoms with Gasteiger partial charge in [-0.15, -0.1) is 0 Å². The van der Waals surface area contributed by atoms with Crippen molar-refractivity contribution in [1.82, 2.24) is 14.5 Å². The average molecular weight is 522 g/mol. The maximum Gasteiger partial charge on any atom is 0.265 e. The molecule has 4 aromatic carbocycles. The van der Waals surface area contributed by atoms with Crippen molar-refractivity contribution in [2.24, 2.45) is 0 Å². The highest BCUT2D eigenvalue weighted by molar-refractivity contribution is 5.96. The molecule has 6 aromatic rings. The molecule has 0 radical (unpaired) electrons. The lowest BCUT2D eigenvalue weighted by Crippen LogP contribution is -2.25. The molecule has 2 aromatic heterocycles. The van der Waals surface area contributed by atoms with Crippen LogP contribution in [0, 0.1) is 6.92 Å². The van der Waals surface area contributed by atoms with E-state index in [1.54, 1.807) is 11.7 Å². The van der Waals surface area contributed by atoms with Gasteiger partial charge in [0.25, 0.3) is 5.56 Å². The molecule has 40 heavy (non-hydrogen) atoms. The fraction of sp³-hybridized carbons (Fsp3) is 0.0571. The van der Waals surface area contributed by atoms with Crippen LogP contribution in [0.2, 0.25) is 0 Å². The van der Waals surface area contributed by atoms with Crippen molar-refractivity contribution in [3.63, 3.8) is 0 Å². The third-order valence-electron chi connectivity index (χ3n) is 6.91. The molecule has 0 bridgehead atoms. The van der Waals surface area contributed by atoms with Crippen LogP contribution in [-0.4, -0.2) is 21.6 Å². The maximum atomic E-state index is 14.1. The minimum atomic E-state index is -0.131. The highest BCUT2D eigenvalue weighted by Crippen LogP contribution is 2.31. The number of methoxy groups -OCH3 is 1. The fourth-order valence-electron chi connectivity index (χ4n) is 4.91. The molecule has 0 amide bonds. The topological polar surface area (TPSA) is 57.0 Å². The average Bonchev–Trinajstić information content (AvgIpc) is 3.01. The second kappa shape index (κ2) is 10.8. The summed E-state index contributed by atoms with van der Waals surface area (Å²) in [4.78, 5) is 24.0. The van der Waals surface area contributed by atoms with Crippen LogP contribution in [-0.2, 0) is 0 Å². The van der Waals surface area contributed by atoms with Crippen LogP contribution in [0.25, 0.3) is 51.4 Å². The molecule has 0 atom stereocenters. The Morgan fingerprint density at radius 2 is 1.38 bits per heavy atom. The molecule has 0 aliphatic rings. The van der Waals surface area contributed by atoms with Crippen molar-refractivity contribution >= 4 is 23.1 Å². The smallest absolute Gasteiger partial charge is 0.265 e. The Kier molecular flexibility index (Phi) is 6.77. The van der Waals surface area contributed by atoms with Gasteiger partial charge in [0.1, 0.15) is 17.1 Å². The Bertz CT molecular complexity index is 1900. The van der Waals surface area contributed by atoms with E-state index in [4.69, 9.17) is 14.7 Å². The van der Waals surface area contributed by atoms with Gasteiger partial charge in [-0.3, -0.25) is 9.36 Å². The quantitative estimate of drug-likeness (QED) is 0.226. The van der Waals surface area contributed by atoms with Crippen molar-refractivity contribution in [1.29, 1.82) is 0 Å². The van der Waals surface area contributed by atoms with Crippen LogP contribution in [0.3, 0.4) is 0 Å². The number of pyridine rings is 1. The first-order chi connectivity index (χ1) is 19.6. The standard InChI is InChI=1S/C35H27N3O2/c1-24-29(35(39)38(28-17-10-5-11-18-28)34(36-24)26-15-8-4-9-16-26)22-21-27-23-31(25-13-6-3-7-14-25)37-33-30(27)19-12-20-32(33)40-2/h3-23H,1-2H3/b22-21+. The lowest BCUT2D eigenvalue weighted by molar-refractivity contribution is 0.419. The Balaban J connectivity index is 1.55. The van der Waals surface area contributed by atoms with Crippen LogP contribution in [0.5, 0.6) is 5.75 Å². The van der Waals surface area contributed by atoms with Crippen LogP contribution < -0.4 is 10.3 Å². The lowest BCUT2D eigenvalue weighted by Gasteiger charge is -2.15. The lowest BCUT2D eigenvalue weighted by atomic mass is 10.0. The van der Waals surface area contributed by atoms with E-state index in [1.165, 1.54) is 0 Å². The van der Waals surface area contributed by atoms with Crippen LogP contribution in [0.15, 0.2) is 120 Å². The molecule has 6 rings (SSSR count). The number of hydrogen-bond acceptors (Lipinski definition) is 4. The first-order valence-electron chi connectivity index (χ1n) is 13.1. The molecule has 0 saturated heterocycles. The molecule has 0 aliphatic heterocycles. The number of aryl methyl sites for hydroxylation is 1. The van der Waals surface area contributed by atoms with Crippen LogP contribution in [0.4, 0.5) is 0 Å². The van der Waals surface area contributed by atoms with Gasteiger partial charge < -0.3 is 4.74 Å². The first-order valence-corrected chi connectivity index (χ1v) is 13.1. The van der Waals surface area contributed by atoms with Crippen LogP contribution in [0.1, 0.15) is 16.8 Å². The van der Waals surface area contributed by atoms with Gasteiger partial charge in [-0.2, -0.15) is 0 Å². The molecule has 2 heterocycles. The second-order valence-corrected chi connectivity index (χ2v) is 9.43. The van der Waals surface area contributed by atoms with Gasteiger partial charge in [0.15, 0.2) is 0 Å². The van der Waals surface area contributed by atoms with Gasteiger partial charge in [0.2, 0.25) is 0 Å². The Morgan fingerprint density at radius 1 is 0.725 bits per heavy atom. The molecule has 5 nitrogen and oxygen atoms in total. The summed E-state index contributed by atoms with van der Waals surface area (Å²) in [5.74, 6) is 1.30. The predicted molar refractivity (Wildman–Crippen MR) is 163 cm³/mol. The zero-order valence-electron chi connectivity index (χ0n) is 22.3. The van der Waals surface area contributed by atoms with Crippen molar-refractivity contribution in [3.8, 4) is 34.1 Å². The van der Waals surface area contributed by atoms with E-state index in [0.29, 0.717) is 22.8 Å². The first kappa shape index (κ1) is 25.0. The van der Waals surface area contributed by atoms with Crippen molar-refractivity contribution in [3.05, 3.63) is 142 Å². The molecule has 0 unspecified atom stereocenters. The monoisotopic (exact) mass is 521 g/mol. The van der Waals surface area contributed by atoms with Gasteiger partial charge in [-0.25, -0.2) is 9.97 Å². The Hall–Kier alpha value is -5.29. The van der Waals surface area contributed by atoms with E-state index in [1.807, 2.05) is 134 Å². The number of para-hydroxylation sites is 2. The number of fused-ring (bicyclic) bond motifs is 1. The van der Waals surface area contributed by atoms with Crippen LogP contribution >= 0.6 is 0 Å². The molecular weight excluding hydrogens is 494 g/mol. The van der Waals surface area contributed by atoms with E-state index in [2.05, 4.69) is 0 Å². The highest BCUT2D eigenvalue weighted by Gasteiger charge is 2.16. The van der Waals surface area contributed by atoms with Gasteiger partial charge in [-0.1, -0.05) is 97.1 Å². The SMILES string of the molecule is COc1cccc2c(/C=C/c3c(C)nc(-c4ccccc4)n(-c4ccccc4)c3=O)cc(-c3ccccc3)nc12. The molecule has 0 N–H and O–H groups in total. The molecule has 0 fully saturated rings. The minimum absolute atomic E-state index is 0.131. The molecule has 194 valence electrons. The van der Waals surface area contributed by atoms with Gasteiger partial charge in [0, 0.05) is 16.5 Å². The zero-order chi connectivity index (χ0) is 27.5. The fourth-order valence-corrected chi connectivity index (χ4v) is 4.91. The largest absolute Gasteiger partial charge is 0.494 e. The zero-order valence-corrected chi connectivity index (χ0v) is 22.3. The number of ether oxygens (including phenoxy) is 1. The van der Waals surface area contributed by atoms with E-state index < -0.39 is 0 Å². The van der Waals surface area contributed by atoms with Crippen molar-refractivity contribution < 1.29 is 4.74 Å². The molecule has 0 aliphatic carbocycles. The van der Waals surface area contributed by atoms with Gasteiger partial charge in [-0.05, 0) is 42.8 Å². The maximum absolute atomic E-state index is 14.1. The summed E-state index contributed by atoms with van der Waals surface area (Å²) < 4.78 is 7.33. The predicted octanol–water partition coefficient (Wildman–Crippen LogP) is 7.60. The molecule has 5 heteroatoms. The molecule has 0 saturated carbocycles. The summed E-state index contributed by atoms with van der Waals surface area (Å²) in [6, 6.07) is 37.4. The van der Waals surface area contributed by atoms with Crippen molar-refractivity contribution in [2.45, 2.75) is 6.92 Å². The molecule has 0 spiro atoms. The summed E-state index contributed by atoms with van der Waals surface area (Å²) in [7, 11) is 1.65. The van der Waals surface area contributed by atoms with E-state index in [-0.39, 0.29) is 5.56 Å². The number of rotatable bonds is 6. The van der Waals surface area contributed by atoms with Gasteiger partial charge in [0.05, 0.1) is 29.7 Å².